The maximum absolute atomic E-state index is 12.9. The van der Waals surface area contributed by atoms with E-state index in [2.05, 4.69) is 31.5 Å². The van der Waals surface area contributed by atoms with E-state index in [0.29, 0.717) is 25.9 Å². The van der Waals surface area contributed by atoms with Crippen LogP contribution in [0.25, 0.3) is 22.0 Å². The Labute approximate surface area is 201 Å². The van der Waals surface area contributed by atoms with Crippen LogP contribution in [0.15, 0.2) is 64.5 Å². The number of nitrogens with zero attached hydrogens (tertiary/aromatic N) is 1. The molecule has 4 rings (SSSR count). The Morgan fingerprint density at radius 3 is 2.68 bits per heavy atom. The monoisotopic (exact) mass is 531 g/mol. The van der Waals surface area contributed by atoms with Gasteiger partial charge in [-0.2, -0.15) is 0 Å². The summed E-state index contributed by atoms with van der Waals surface area (Å²) in [5, 5.41) is 10.8. The molecule has 9 heteroatoms. The lowest BCUT2D eigenvalue weighted by Crippen LogP contribution is -2.34. The molecule has 0 saturated carbocycles. The molecule has 2 N–H and O–H groups in total. The van der Waals surface area contributed by atoms with Crippen molar-refractivity contribution in [3.05, 3.63) is 75.0 Å². The molecule has 3 aromatic carbocycles. The van der Waals surface area contributed by atoms with Gasteiger partial charge in [0.1, 0.15) is 5.75 Å². The van der Waals surface area contributed by atoms with Crippen LogP contribution in [-0.4, -0.2) is 23.1 Å². The maximum atomic E-state index is 12.9. The molecule has 4 aromatic rings. The lowest BCUT2D eigenvalue weighted by molar-refractivity contribution is 0.0975. The molecule has 0 fully saturated rings. The molecule has 5 nitrogen and oxygen atoms in total. The van der Waals surface area contributed by atoms with Crippen molar-refractivity contribution in [3.63, 3.8) is 0 Å². The molecule has 0 aliphatic rings. The summed E-state index contributed by atoms with van der Waals surface area (Å²) in [6.07, 6.45) is 0. The predicted molar refractivity (Wildman–Crippen MR) is 134 cm³/mol. The quantitative estimate of drug-likeness (QED) is 0.293. The molecule has 0 atom stereocenters. The number of halogens is 2. The van der Waals surface area contributed by atoms with Crippen molar-refractivity contribution in [1.82, 2.24) is 10.3 Å². The first-order chi connectivity index (χ1) is 15.0. The van der Waals surface area contributed by atoms with Crippen molar-refractivity contribution < 1.29 is 9.53 Å². The van der Waals surface area contributed by atoms with Gasteiger partial charge in [0.05, 0.1) is 22.8 Å². The predicted octanol–water partition coefficient (Wildman–Crippen LogP) is 6.51. The number of fused-ring (bicyclic) bond motifs is 1. The van der Waals surface area contributed by atoms with E-state index in [1.807, 2.05) is 53.9 Å². The number of hydrogen-bond donors (Lipinski definition) is 2. The Morgan fingerprint density at radius 1 is 1.19 bits per heavy atom. The van der Waals surface area contributed by atoms with E-state index in [1.165, 1.54) is 18.4 Å². The van der Waals surface area contributed by atoms with Crippen molar-refractivity contribution in [3.8, 4) is 17.0 Å². The molecule has 0 bridgehead atoms. The SMILES string of the molecule is COc1c(C(=O)NC(=S)Nc2nc(-c3ccc(Cl)cc3)cs2)cc2ccccc2c1Br. The number of methoxy groups -OCH3 is 1. The molecular weight excluding hydrogens is 518 g/mol. The molecule has 31 heavy (non-hydrogen) atoms. The summed E-state index contributed by atoms with van der Waals surface area (Å²) < 4.78 is 6.19. The molecule has 1 aromatic heterocycles. The second kappa shape index (κ2) is 9.32. The van der Waals surface area contributed by atoms with E-state index in [1.54, 1.807) is 6.07 Å². The molecule has 0 spiro atoms. The number of aromatic nitrogens is 1. The van der Waals surface area contributed by atoms with Gasteiger partial charge in [-0.15, -0.1) is 11.3 Å². The summed E-state index contributed by atoms with van der Waals surface area (Å²) in [5.74, 6) is 0.0635. The average Bonchev–Trinajstić information content (AvgIpc) is 3.22. The highest BCUT2D eigenvalue weighted by molar-refractivity contribution is 9.10. The van der Waals surface area contributed by atoms with Gasteiger partial charge in [0.15, 0.2) is 10.2 Å². The van der Waals surface area contributed by atoms with Crippen molar-refractivity contribution >= 4 is 78.0 Å². The fraction of sp³-hybridized carbons (Fsp3) is 0.0455. The van der Waals surface area contributed by atoms with E-state index in [9.17, 15) is 4.79 Å². The zero-order chi connectivity index (χ0) is 22.0. The second-order valence-electron chi connectivity index (χ2n) is 6.45. The van der Waals surface area contributed by atoms with Crippen molar-refractivity contribution in [2.45, 2.75) is 0 Å². The minimum atomic E-state index is -0.379. The number of rotatable bonds is 4. The number of carbonyl (C=O) groups excluding carboxylic acids is 1. The van der Waals surface area contributed by atoms with Gasteiger partial charge in [0.25, 0.3) is 5.91 Å². The number of hydrogen-bond acceptors (Lipinski definition) is 5. The number of anilines is 1. The molecule has 0 aliphatic carbocycles. The second-order valence-corrected chi connectivity index (χ2v) is 8.94. The van der Waals surface area contributed by atoms with Gasteiger partial charge in [-0.25, -0.2) is 4.98 Å². The average molecular weight is 533 g/mol. The van der Waals surface area contributed by atoms with E-state index in [-0.39, 0.29) is 11.0 Å². The van der Waals surface area contributed by atoms with Gasteiger partial charge in [-0.3, -0.25) is 10.1 Å². The van der Waals surface area contributed by atoms with Crippen LogP contribution in [0.5, 0.6) is 5.75 Å². The minimum Gasteiger partial charge on any atom is -0.495 e. The van der Waals surface area contributed by atoms with Crippen LogP contribution < -0.4 is 15.4 Å². The van der Waals surface area contributed by atoms with Gasteiger partial charge >= 0.3 is 0 Å². The lowest BCUT2D eigenvalue weighted by atomic mass is 10.1. The molecule has 1 amide bonds. The number of benzene rings is 3. The fourth-order valence-corrected chi connectivity index (χ4v) is 4.88. The van der Waals surface area contributed by atoms with Gasteiger partial charge in [0.2, 0.25) is 0 Å². The van der Waals surface area contributed by atoms with E-state index in [0.717, 1.165) is 22.0 Å². The summed E-state index contributed by atoms with van der Waals surface area (Å²) in [5.41, 5.74) is 2.10. The minimum absolute atomic E-state index is 0.147. The van der Waals surface area contributed by atoms with Crippen LogP contribution in [0.3, 0.4) is 0 Å². The smallest absolute Gasteiger partial charge is 0.261 e. The van der Waals surface area contributed by atoms with E-state index >= 15 is 0 Å². The normalized spacial score (nSPS) is 10.7. The van der Waals surface area contributed by atoms with Crippen molar-refractivity contribution in [2.75, 3.05) is 12.4 Å². The molecule has 156 valence electrons. The Kier molecular flexibility index (Phi) is 6.52. The number of thiocarbonyl (C=S) groups is 1. The Morgan fingerprint density at radius 2 is 1.94 bits per heavy atom. The molecule has 0 aliphatic heterocycles. The lowest BCUT2D eigenvalue weighted by Gasteiger charge is -2.14. The zero-order valence-corrected chi connectivity index (χ0v) is 20.1. The number of thiazole rings is 1. The highest BCUT2D eigenvalue weighted by Gasteiger charge is 2.19. The Hall–Kier alpha value is -2.52. The van der Waals surface area contributed by atoms with Gasteiger partial charge in [0, 0.05) is 16.0 Å². The van der Waals surface area contributed by atoms with Crippen molar-refractivity contribution in [1.29, 1.82) is 0 Å². The van der Waals surface area contributed by atoms with Crippen LogP contribution in [-0.2, 0) is 0 Å². The van der Waals surface area contributed by atoms with Crippen LogP contribution in [0.2, 0.25) is 5.02 Å². The van der Waals surface area contributed by atoms with Gasteiger partial charge in [-0.1, -0.05) is 48.0 Å². The van der Waals surface area contributed by atoms with E-state index in [4.69, 9.17) is 28.6 Å². The third-order valence-electron chi connectivity index (χ3n) is 4.48. The summed E-state index contributed by atoms with van der Waals surface area (Å²) in [7, 11) is 1.52. The molecule has 0 unspecified atom stereocenters. The number of carbonyl (C=O) groups is 1. The third-order valence-corrected chi connectivity index (χ3v) is 6.48. The fourth-order valence-electron chi connectivity index (χ4n) is 3.04. The standard InChI is InChI=1S/C22H15BrClN3O2S2/c1-29-19-16(10-13-4-2-3-5-15(13)18(19)23)20(28)26-21(30)27-22-25-17(11-31-22)12-6-8-14(24)9-7-12/h2-11H,1H3,(H2,25,26,27,28,30). The highest BCUT2D eigenvalue weighted by Crippen LogP contribution is 2.36. The topological polar surface area (TPSA) is 63.2 Å². The van der Waals surface area contributed by atoms with Gasteiger partial charge < -0.3 is 10.1 Å². The first kappa shape index (κ1) is 21.7. The molecular formula is C22H15BrClN3O2S2. The Balaban J connectivity index is 1.51. The third kappa shape index (κ3) is 4.72. The van der Waals surface area contributed by atoms with Crippen LogP contribution >= 0.6 is 51.1 Å². The molecule has 0 radical (unpaired) electrons. The van der Waals surface area contributed by atoms with Gasteiger partial charge in [-0.05, 0) is 57.1 Å². The van der Waals surface area contributed by atoms with Crippen LogP contribution in [0, 0.1) is 0 Å². The molecule has 1 heterocycles. The summed E-state index contributed by atoms with van der Waals surface area (Å²) in [4.78, 5) is 17.4. The Bertz CT molecular complexity index is 1290. The molecule has 0 saturated heterocycles. The number of ether oxygens (including phenoxy) is 1. The first-order valence-corrected chi connectivity index (χ1v) is 11.5. The first-order valence-electron chi connectivity index (χ1n) is 9.05. The van der Waals surface area contributed by atoms with E-state index < -0.39 is 0 Å². The number of amides is 1. The maximum Gasteiger partial charge on any atom is 0.261 e. The zero-order valence-electron chi connectivity index (χ0n) is 16.1. The van der Waals surface area contributed by atoms with Crippen LogP contribution in [0.4, 0.5) is 5.13 Å². The number of nitrogens with one attached hydrogen (secondary N) is 2. The largest absolute Gasteiger partial charge is 0.495 e. The summed E-state index contributed by atoms with van der Waals surface area (Å²) >= 11 is 16.2. The summed E-state index contributed by atoms with van der Waals surface area (Å²) in [6, 6.07) is 16.9. The van der Waals surface area contributed by atoms with Crippen LogP contribution in [0.1, 0.15) is 10.4 Å². The van der Waals surface area contributed by atoms with Crippen molar-refractivity contribution in [2.24, 2.45) is 0 Å². The summed E-state index contributed by atoms with van der Waals surface area (Å²) in [6.45, 7) is 0. The highest BCUT2D eigenvalue weighted by atomic mass is 79.9.